The van der Waals surface area contributed by atoms with Gasteiger partial charge in [0.1, 0.15) is 0 Å². The van der Waals surface area contributed by atoms with Crippen molar-refractivity contribution in [2.24, 2.45) is 0 Å². The van der Waals surface area contributed by atoms with Crippen LogP contribution in [-0.4, -0.2) is 12.1 Å². The zero-order chi connectivity index (χ0) is 19.8. The summed E-state index contributed by atoms with van der Waals surface area (Å²) in [5.41, 5.74) is 8.39. The lowest BCUT2D eigenvalue weighted by Gasteiger charge is -2.26. The third-order valence-electron chi connectivity index (χ3n) is 5.49. The molecule has 27 heavy (non-hydrogen) atoms. The van der Waals surface area contributed by atoms with Crippen LogP contribution in [0.1, 0.15) is 70.2 Å². The second-order valence-corrected chi connectivity index (χ2v) is 7.64. The fraction of sp³-hybridized carbons (Fsp3) is 0.520. The summed E-state index contributed by atoms with van der Waals surface area (Å²) < 4.78 is 0. The van der Waals surface area contributed by atoms with E-state index in [2.05, 4.69) is 88.6 Å². The van der Waals surface area contributed by atoms with E-state index in [0.29, 0.717) is 12.1 Å². The van der Waals surface area contributed by atoms with E-state index in [0.717, 1.165) is 32.1 Å². The molecule has 2 unspecified atom stereocenters. The molecular formula is C25H38N2. The predicted octanol–water partition coefficient (Wildman–Crippen LogP) is 6.63. The Hall–Kier alpha value is -1.96. The second kappa shape index (κ2) is 10.4. The molecule has 2 N–H and O–H groups in total. The van der Waals surface area contributed by atoms with E-state index in [9.17, 15) is 0 Å². The van der Waals surface area contributed by atoms with Gasteiger partial charge in [-0.15, -0.1) is 0 Å². The van der Waals surface area contributed by atoms with Gasteiger partial charge >= 0.3 is 0 Å². The highest BCUT2D eigenvalue weighted by atomic mass is 15.0. The number of hydrogen-bond donors (Lipinski definition) is 2. The third kappa shape index (κ3) is 5.51. The Kier molecular flexibility index (Phi) is 8.22. The molecule has 2 aromatic carbocycles. The molecule has 2 heteroatoms. The van der Waals surface area contributed by atoms with Crippen molar-refractivity contribution in [1.82, 2.24) is 0 Å². The van der Waals surface area contributed by atoms with Crippen molar-refractivity contribution in [3.05, 3.63) is 58.7 Å². The average molecular weight is 367 g/mol. The standard InChI is InChI=1S/C25H38N2/c1-7-20-13-11-14-21(8-2)24(20)26-18(5)17-19(6)27-25-22(9-3)15-12-16-23(25)10-4/h11-16,18-19,26-27H,7-10,17H2,1-6H3. The van der Waals surface area contributed by atoms with Gasteiger partial charge in [-0.1, -0.05) is 64.1 Å². The minimum atomic E-state index is 0.421. The highest BCUT2D eigenvalue weighted by molar-refractivity contribution is 5.59. The maximum atomic E-state index is 3.81. The minimum absolute atomic E-state index is 0.421. The molecule has 2 aromatic rings. The van der Waals surface area contributed by atoms with Gasteiger partial charge in [0, 0.05) is 23.5 Å². The van der Waals surface area contributed by atoms with Crippen LogP contribution in [0.25, 0.3) is 0 Å². The minimum Gasteiger partial charge on any atom is -0.382 e. The van der Waals surface area contributed by atoms with E-state index in [-0.39, 0.29) is 0 Å². The lowest BCUT2D eigenvalue weighted by Crippen LogP contribution is -2.27. The van der Waals surface area contributed by atoms with Crippen molar-refractivity contribution in [1.29, 1.82) is 0 Å². The molecule has 0 aliphatic heterocycles. The first-order valence-corrected chi connectivity index (χ1v) is 10.8. The summed E-state index contributed by atoms with van der Waals surface area (Å²) in [6.07, 6.45) is 5.37. The Morgan fingerprint density at radius 2 is 0.889 bits per heavy atom. The molecule has 148 valence electrons. The van der Waals surface area contributed by atoms with Crippen molar-refractivity contribution >= 4 is 11.4 Å². The van der Waals surface area contributed by atoms with Crippen molar-refractivity contribution in [3.8, 4) is 0 Å². The van der Waals surface area contributed by atoms with Crippen LogP contribution in [0.15, 0.2) is 36.4 Å². The van der Waals surface area contributed by atoms with Crippen LogP contribution in [0.5, 0.6) is 0 Å². The summed E-state index contributed by atoms with van der Waals surface area (Å²) in [7, 11) is 0. The van der Waals surface area contributed by atoms with Crippen LogP contribution in [0.4, 0.5) is 11.4 Å². The highest BCUT2D eigenvalue weighted by Gasteiger charge is 2.14. The number of benzene rings is 2. The third-order valence-corrected chi connectivity index (χ3v) is 5.49. The average Bonchev–Trinajstić information content (AvgIpc) is 2.67. The molecule has 0 aliphatic rings. The van der Waals surface area contributed by atoms with E-state index in [1.807, 2.05) is 0 Å². The number of hydrogen-bond acceptors (Lipinski definition) is 2. The van der Waals surface area contributed by atoms with E-state index in [4.69, 9.17) is 0 Å². The fourth-order valence-corrected chi connectivity index (χ4v) is 4.00. The van der Waals surface area contributed by atoms with Crippen molar-refractivity contribution in [2.45, 2.75) is 85.7 Å². The Morgan fingerprint density at radius 3 is 1.15 bits per heavy atom. The smallest absolute Gasteiger partial charge is 0.0407 e. The molecule has 0 heterocycles. The Labute approximate surface area is 166 Å². The summed E-state index contributed by atoms with van der Waals surface area (Å²) in [4.78, 5) is 0. The predicted molar refractivity (Wildman–Crippen MR) is 121 cm³/mol. The molecule has 2 nitrogen and oxygen atoms in total. The van der Waals surface area contributed by atoms with E-state index < -0.39 is 0 Å². The van der Waals surface area contributed by atoms with Crippen LogP contribution in [-0.2, 0) is 25.7 Å². The van der Waals surface area contributed by atoms with Crippen molar-refractivity contribution in [3.63, 3.8) is 0 Å². The molecule has 0 radical (unpaired) electrons. The van der Waals surface area contributed by atoms with Gasteiger partial charge in [-0.05, 0) is 68.2 Å². The summed E-state index contributed by atoms with van der Waals surface area (Å²) in [5.74, 6) is 0. The molecule has 2 rings (SSSR count). The normalized spacial score (nSPS) is 13.3. The van der Waals surface area contributed by atoms with Crippen molar-refractivity contribution < 1.29 is 0 Å². The van der Waals surface area contributed by atoms with Gasteiger partial charge in [-0.2, -0.15) is 0 Å². The first-order chi connectivity index (χ1) is 13.0. The maximum absolute atomic E-state index is 3.81. The molecule has 0 amide bonds. The number of para-hydroxylation sites is 2. The quantitative estimate of drug-likeness (QED) is 0.493. The largest absolute Gasteiger partial charge is 0.382 e. The number of rotatable bonds is 10. The van der Waals surface area contributed by atoms with Crippen LogP contribution in [0, 0.1) is 0 Å². The monoisotopic (exact) mass is 366 g/mol. The lowest BCUT2D eigenvalue weighted by atomic mass is 10.00. The molecule has 0 saturated heterocycles. The van der Waals surface area contributed by atoms with Gasteiger partial charge < -0.3 is 10.6 Å². The molecular weight excluding hydrogens is 328 g/mol. The summed E-state index contributed by atoms with van der Waals surface area (Å²) in [5, 5.41) is 7.63. The molecule has 2 atom stereocenters. The molecule has 0 spiro atoms. The molecule has 0 aliphatic carbocycles. The molecule has 0 fully saturated rings. The second-order valence-electron chi connectivity index (χ2n) is 7.64. The number of anilines is 2. The summed E-state index contributed by atoms with van der Waals surface area (Å²) in [6.45, 7) is 13.6. The fourth-order valence-electron chi connectivity index (χ4n) is 4.00. The molecule has 0 aromatic heterocycles. The van der Waals surface area contributed by atoms with Gasteiger partial charge in [0.15, 0.2) is 0 Å². The van der Waals surface area contributed by atoms with Crippen molar-refractivity contribution in [2.75, 3.05) is 10.6 Å². The number of nitrogens with one attached hydrogen (secondary N) is 2. The first kappa shape index (κ1) is 21.3. The maximum Gasteiger partial charge on any atom is 0.0407 e. The van der Waals surface area contributed by atoms with Gasteiger partial charge in [-0.3, -0.25) is 0 Å². The zero-order valence-corrected chi connectivity index (χ0v) is 18.2. The topological polar surface area (TPSA) is 24.1 Å². The lowest BCUT2D eigenvalue weighted by molar-refractivity contribution is 0.631. The first-order valence-electron chi connectivity index (χ1n) is 10.8. The van der Waals surface area contributed by atoms with E-state index in [1.54, 1.807) is 0 Å². The molecule has 0 bridgehead atoms. The van der Waals surface area contributed by atoms with E-state index >= 15 is 0 Å². The van der Waals surface area contributed by atoms with Crippen LogP contribution in [0.2, 0.25) is 0 Å². The van der Waals surface area contributed by atoms with Crippen LogP contribution in [0.3, 0.4) is 0 Å². The van der Waals surface area contributed by atoms with Crippen LogP contribution >= 0.6 is 0 Å². The SMILES string of the molecule is CCc1cccc(CC)c1NC(C)CC(C)Nc1c(CC)cccc1CC. The Balaban J connectivity index is 2.08. The number of aryl methyl sites for hydroxylation is 4. The summed E-state index contributed by atoms with van der Waals surface area (Å²) >= 11 is 0. The van der Waals surface area contributed by atoms with Gasteiger partial charge in [0.2, 0.25) is 0 Å². The van der Waals surface area contributed by atoms with E-state index in [1.165, 1.54) is 33.6 Å². The van der Waals surface area contributed by atoms with Gasteiger partial charge in [0.05, 0.1) is 0 Å². The van der Waals surface area contributed by atoms with Gasteiger partial charge in [-0.25, -0.2) is 0 Å². The Bertz CT molecular complexity index is 614. The zero-order valence-electron chi connectivity index (χ0n) is 18.2. The Morgan fingerprint density at radius 1 is 0.593 bits per heavy atom. The van der Waals surface area contributed by atoms with Gasteiger partial charge in [0.25, 0.3) is 0 Å². The summed E-state index contributed by atoms with van der Waals surface area (Å²) in [6, 6.07) is 14.2. The van der Waals surface area contributed by atoms with Crippen LogP contribution < -0.4 is 10.6 Å². The highest BCUT2D eigenvalue weighted by Crippen LogP contribution is 2.26. The molecule has 0 saturated carbocycles.